The molecule has 2 aromatic carbocycles. The van der Waals surface area contributed by atoms with Crippen molar-refractivity contribution in [2.45, 2.75) is 44.2 Å². The van der Waals surface area contributed by atoms with Crippen LogP contribution in [0.5, 0.6) is 5.75 Å². The number of hydrogen-bond acceptors (Lipinski definition) is 4. The normalized spacial score (nSPS) is 12.4. The largest absolute Gasteiger partial charge is 0.506 e. The van der Waals surface area contributed by atoms with Crippen LogP contribution in [0.1, 0.15) is 37.5 Å². The SMILES string of the molecule is CC(C)(C)c1cc(CN)c(O)c(S(=O)(=O)NCc2ccccc2Cl)c1. The Hall–Kier alpha value is -1.60. The fraction of sp³-hybridized carbons (Fsp3) is 0.333. The topological polar surface area (TPSA) is 92.4 Å². The molecule has 0 aliphatic heterocycles. The van der Waals surface area contributed by atoms with Crippen molar-refractivity contribution in [3.8, 4) is 5.75 Å². The third-order valence-electron chi connectivity index (χ3n) is 3.94. The van der Waals surface area contributed by atoms with Gasteiger partial charge in [0.2, 0.25) is 10.0 Å². The lowest BCUT2D eigenvalue weighted by molar-refractivity contribution is 0.448. The molecule has 136 valence electrons. The predicted octanol–water partition coefficient (Wildman–Crippen LogP) is 3.28. The predicted molar refractivity (Wildman–Crippen MR) is 100 cm³/mol. The van der Waals surface area contributed by atoms with Gasteiger partial charge in [0.05, 0.1) is 0 Å². The molecule has 0 saturated heterocycles. The fourth-order valence-corrected chi connectivity index (χ4v) is 3.72. The van der Waals surface area contributed by atoms with Crippen molar-refractivity contribution in [2.75, 3.05) is 0 Å². The Morgan fingerprint density at radius 3 is 2.36 bits per heavy atom. The van der Waals surface area contributed by atoms with Crippen LogP contribution >= 0.6 is 11.6 Å². The molecule has 25 heavy (non-hydrogen) atoms. The van der Waals surface area contributed by atoms with E-state index in [1.54, 1.807) is 30.3 Å². The number of hydrogen-bond donors (Lipinski definition) is 3. The van der Waals surface area contributed by atoms with Crippen LogP contribution in [0.25, 0.3) is 0 Å². The van der Waals surface area contributed by atoms with E-state index in [1.807, 2.05) is 20.8 Å². The van der Waals surface area contributed by atoms with Crippen molar-refractivity contribution in [2.24, 2.45) is 5.73 Å². The highest BCUT2D eigenvalue weighted by Gasteiger charge is 2.25. The first-order valence-corrected chi connectivity index (χ1v) is 9.72. The first kappa shape index (κ1) is 19.7. The summed E-state index contributed by atoms with van der Waals surface area (Å²) < 4.78 is 28.0. The van der Waals surface area contributed by atoms with Crippen molar-refractivity contribution < 1.29 is 13.5 Å². The first-order valence-electron chi connectivity index (χ1n) is 7.86. The molecule has 0 aromatic heterocycles. The van der Waals surface area contributed by atoms with Gasteiger partial charge in [0, 0.05) is 23.7 Å². The zero-order valence-corrected chi connectivity index (χ0v) is 16.1. The molecule has 0 heterocycles. The number of phenolic OH excluding ortho intramolecular Hbond substituents is 1. The van der Waals surface area contributed by atoms with Crippen LogP contribution in [0.15, 0.2) is 41.3 Å². The van der Waals surface area contributed by atoms with E-state index in [4.69, 9.17) is 17.3 Å². The van der Waals surface area contributed by atoms with Crippen LogP contribution in [-0.4, -0.2) is 13.5 Å². The Bertz CT molecular complexity index is 874. The van der Waals surface area contributed by atoms with Crippen LogP contribution in [-0.2, 0) is 28.5 Å². The number of rotatable bonds is 5. The van der Waals surface area contributed by atoms with Crippen molar-refractivity contribution in [3.63, 3.8) is 0 Å². The minimum Gasteiger partial charge on any atom is -0.506 e. The third kappa shape index (κ3) is 4.52. The van der Waals surface area contributed by atoms with E-state index < -0.39 is 10.0 Å². The summed E-state index contributed by atoms with van der Waals surface area (Å²) in [6, 6.07) is 10.2. The van der Waals surface area contributed by atoms with Crippen LogP contribution < -0.4 is 10.5 Å². The number of halogens is 1. The molecule has 0 unspecified atom stereocenters. The quantitative estimate of drug-likeness (QED) is 0.739. The molecular weight excluding hydrogens is 360 g/mol. The molecule has 0 bridgehead atoms. The molecule has 0 atom stereocenters. The summed E-state index contributed by atoms with van der Waals surface area (Å²) in [6.07, 6.45) is 0. The molecule has 0 amide bonds. The minimum absolute atomic E-state index is 0.0269. The maximum atomic E-state index is 12.7. The molecule has 7 heteroatoms. The van der Waals surface area contributed by atoms with Crippen LogP contribution in [0.4, 0.5) is 0 Å². The van der Waals surface area contributed by atoms with Gasteiger partial charge >= 0.3 is 0 Å². The lowest BCUT2D eigenvalue weighted by atomic mass is 9.86. The second-order valence-corrected chi connectivity index (χ2v) is 8.99. The number of sulfonamides is 1. The van der Waals surface area contributed by atoms with Gasteiger partial charge in [-0.25, -0.2) is 13.1 Å². The van der Waals surface area contributed by atoms with E-state index in [2.05, 4.69) is 4.72 Å². The van der Waals surface area contributed by atoms with Crippen molar-refractivity contribution in [1.29, 1.82) is 0 Å². The van der Waals surface area contributed by atoms with E-state index >= 15 is 0 Å². The molecular formula is C18H23ClN2O3S. The van der Waals surface area contributed by atoms with E-state index in [1.165, 1.54) is 6.07 Å². The van der Waals surface area contributed by atoms with Gasteiger partial charge in [-0.1, -0.05) is 56.6 Å². The summed E-state index contributed by atoms with van der Waals surface area (Å²) in [7, 11) is -3.94. The number of aromatic hydroxyl groups is 1. The summed E-state index contributed by atoms with van der Waals surface area (Å²) in [4.78, 5) is -0.174. The number of nitrogens with two attached hydrogens (primary N) is 1. The Balaban J connectivity index is 2.43. The summed E-state index contributed by atoms with van der Waals surface area (Å²) in [5.74, 6) is -0.317. The average Bonchev–Trinajstić information content (AvgIpc) is 2.53. The van der Waals surface area contributed by atoms with Crippen LogP contribution in [0.3, 0.4) is 0 Å². The van der Waals surface area contributed by atoms with Crippen LogP contribution in [0, 0.1) is 0 Å². The molecule has 2 rings (SSSR count). The molecule has 5 nitrogen and oxygen atoms in total. The smallest absolute Gasteiger partial charge is 0.244 e. The van der Waals surface area contributed by atoms with Crippen molar-refractivity contribution in [1.82, 2.24) is 4.72 Å². The van der Waals surface area contributed by atoms with Gasteiger partial charge in [0.25, 0.3) is 0 Å². The molecule has 0 fully saturated rings. The summed E-state index contributed by atoms with van der Waals surface area (Å²) in [5.41, 5.74) is 7.21. The molecule has 2 aromatic rings. The molecule has 0 aliphatic rings. The minimum atomic E-state index is -3.94. The highest BCUT2D eigenvalue weighted by atomic mass is 35.5. The molecule has 0 radical (unpaired) electrons. The Morgan fingerprint density at radius 2 is 1.80 bits per heavy atom. The fourth-order valence-electron chi connectivity index (χ4n) is 2.35. The van der Waals surface area contributed by atoms with E-state index in [9.17, 15) is 13.5 Å². The van der Waals surface area contributed by atoms with Crippen LogP contribution in [0.2, 0.25) is 5.02 Å². The number of nitrogens with one attached hydrogen (secondary N) is 1. The lowest BCUT2D eigenvalue weighted by Gasteiger charge is -2.22. The third-order valence-corrected chi connectivity index (χ3v) is 5.72. The zero-order valence-electron chi connectivity index (χ0n) is 14.5. The van der Waals surface area contributed by atoms with Gasteiger partial charge in [0.1, 0.15) is 10.6 Å². The molecule has 0 saturated carbocycles. The maximum absolute atomic E-state index is 12.7. The Morgan fingerprint density at radius 1 is 1.16 bits per heavy atom. The second-order valence-electron chi connectivity index (χ2n) is 6.85. The van der Waals surface area contributed by atoms with Crippen molar-refractivity contribution >= 4 is 21.6 Å². The highest BCUT2D eigenvalue weighted by Crippen LogP contribution is 2.33. The monoisotopic (exact) mass is 382 g/mol. The van der Waals surface area contributed by atoms with E-state index in [-0.39, 0.29) is 29.1 Å². The molecule has 0 spiro atoms. The maximum Gasteiger partial charge on any atom is 0.244 e. The van der Waals surface area contributed by atoms with Gasteiger partial charge < -0.3 is 10.8 Å². The number of benzene rings is 2. The van der Waals surface area contributed by atoms with E-state index in [0.717, 1.165) is 5.56 Å². The van der Waals surface area contributed by atoms with Gasteiger partial charge in [-0.15, -0.1) is 0 Å². The number of phenols is 1. The zero-order chi connectivity index (χ0) is 18.8. The summed E-state index contributed by atoms with van der Waals surface area (Å²) in [5, 5.41) is 10.8. The Kier molecular flexibility index (Phi) is 5.79. The van der Waals surface area contributed by atoms with Gasteiger partial charge in [0.15, 0.2) is 0 Å². The second kappa shape index (κ2) is 7.33. The lowest BCUT2D eigenvalue weighted by Crippen LogP contribution is -2.25. The van der Waals surface area contributed by atoms with E-state index in [0.29, 0.717) is 16.1 Å². The first-order chi connectivity index (χ1) is 11.6. The molecule has 0 aliphatic carbocycles. The van der Waals surface area contributed by atoms with Crippen molar-refractivity contribution in [3.05, 3.63) is 58.1 Å². The standard InChI is InChI=1S/C18H23ClN2O3S/c1-18(2,3)14-8-13(10-20)17(22)16(9-14)25(23,24)21-11-12-6-4-5-7-15(12)19/h4-9,21-22H,10-11,20H2,1-3H3. The van der Waals surface area contributed by atoms with Gasteiger partial charge in [-0.2, -0.15) is 0 Å². The summed E-state index contributed by atoms with van der Waals surface area (Å²) in [6.45, 7) is 5.97. The highest BCUT2D eigenvalue weighted by molar-refractivity contribution is 7.89. The average molecular weight is 383 g/mol. The summed E-state index contributed by atoms with van der Waals surface area (Å²) >= 11 is 6.06. The van der Waals surface area contributed by atoms with Gasteiger partial charge in [-0.3, -0.25) is 0 Å². The van der Waals surface area contributed by atoms with Gasteiger partial charge in [-0.05, 0) is 28.7 Å². The Labute approximate surface area is 153 Å². The molecule has 4 N–H and O–H groups in total.